The molecule has 1 fully saturated rings. The van der Waals surface area contributed by atoms with Crippen LogP contribution in [0.3, 0.4) is 0 Å². The highest BCUT2D eigenvalue weighted by atomic mass is 16.1. The van der Waals surface area contributed by atoms with Crippen molar-refractivity contribution in [2.24, 2.45) is 0 Å². The number of anilines is 1. The van der Waals surface area contributed by atoms with Gasteiger partial charge in [-0.25, -0.2) is 9.67 Å². The van der Waals surface area contributed by atoms with Gasteiger partial charge < -0.3 is 4.90 Å². The number of aromatic amines is 1. The minimum absolute atomic E-state index is 0.0183. The third-order valence-electron chi connectivity index (χ3n) is 5.97. The summed E-state index contributed by atoms with van der Waals surface area (Å²) in [6.07, 6.45) is 3.97. The minimum Gasteiger partial charge on any atom is -0.342 e. The summed E-state index contributed by atoms with van der Waals surface area (Å²) < 4.78 is 1.86. The average Bonchev–Trinajstić information content (AvgIpc) is 3.46. The second kappa shape index (κ2) is 8.35. The third kappa shape index (κ3) is 3.97. The Morgan fingerprint density at radius 1 is 1.07 bits per heavy atom. The van der Waals surface area contributed by atoms with Crippen molar-refractivity contribution in [3.05, 3.63) is 63.3 Å². The van der Waals surface area contributed by atoms with E-state index in [-0.39, 0.29) is 5.56 Å². The van der Waals surface area contributed by atoms with Crippen LogP contribution in [-0.4, -0.2) is 54.7 Å². The van der Waals surface area contributed by atoms with Gasteiger partial charge in [-0.1, -0.05) is 30.3 Å². The highest BCUT2D eigenvalue weighted by Gasteiger charge is 2.24. The molecule has 1 N–H and O–H groups in total. The number of nitrogens with one attached hydrogen (secondary N) is 1. The number of benzene rings is 1. The molecule has 0 spiro atoms. The van der Waals surface area contributed by atoms with Crippen LogP contribution in [-0.2, 0) is 32.5 Å². The first kappa shape index (κ1) is 18.9. The van der Waals surface area contributed by atoms with Gasteiger partial charge in [-0.2, -0.15) is 0 Å². The number of fused-ring (bicyclic) bond motifs is 1. The lowest BCUT2D eigenvalue weighted by Crippen LogP contribution is -2.37. The summed E-state index contributed by atoms with van der Waals surface area (Å²) >= 11 is 0. The van der Waals surface area contributed by atoms with E-state index in [1.54, 1.807) is 0 Å². The Hall–Kier alpha value is -3.07. The van der Waals surface area contributed by atoms with E-state index in [1.165, 1.54) is 5.56 Å². The molecular formula is C21H26N8O. The highest BCUT2D eigenvalue weighted by Crippen LogP contribution is 2.20. The van der Waals surface area contributed by atoms with E-state index in [1.807, 2.05) is 22.9 Å². The van der Waals surface area contributed by atoms with Crippen LogP contribution in [0.2, 0.25) is 0 Å². The molecule has 156 valence electrons. The first-order valence-electron chi connectivity index (χ1n) is 10.6. The predicted molar refractivity (Wildman–Crippen MR) is 112 cm³/mol. The summed E-state index contributed by atoms with van der Waals surface area (Å²) in [5, 5.41) is 12.2. The summed E-state index contributed by atoms with van der Waals surface area (Å²) in [6.45, 7) is 4.71. The predicted octanol–water partition coefficient (Wildman–Crippen LogP) is 1.16. The number of hydrogen-bond acceptors (Lipinski definition) is 7. The van der Waals surface area contributed by atoms with Gasteiger partial charge in [0.05, 0.1) is 17.8 Å². The van der Waals surface area contributed by atoms with Gasteiger partial charge in [0, 0.05) is 39.1 Å². The Morgan fingerprint density at radius 2 is 1.90 bits per heavy atom. The SMILES string of the molecule is O=c1[nH]c(N2CCCC2)nc2c1CN(Cc1nnnn1CCc1ccccc1)CC2. The van der Waals surface area contributed by atoms with Crippen LogP contribution in [0.15, 0.2) is 35.1 Å². The summed E-state index contributed by atoms with van der Waals surface area (Å²) in [5.41, 5.74) is 2.95. The van der Waals surface area contributed by atoms with E-state index in [0.717, 1.165) is 74.9 Å². The van der Waals surface area contributed by atoms with Crippen LogP contribution in [0.4, 0.5) is 5.95 Å². The number of H-pyrrole nitrogens is 1. The first-order valence-corrected chi connectivity index (χ1v) is 10.6. The smallest absolute Gasteiger partial charge is 0.257 e. The molecule has 0 bridgehead atoms. The molecule has 3 aromatic rings. The summed E-state index contributed by atoms with van der Waals surface area (Å²) in [6, 6.07) is 10.3. The fraction of sp³-hybridized carbons (Fsp3) is 0.476. The zero-order chi connectivity index (χ0) is 20.3. The molecule has 0 aliphatic carbocycles. The van der Waals surface area contributed by atoms with Crippen molar-refractivity contribution in [3.8, 4) is 0 Å². The van der Waals surface area contributed by atoms with E-state index in [9.17, 15) is 4.79 Å². The standard InChI is InChI=1S/C21H26N8O/c30-20-17-14-27(12-9-18(17)22-21(23-20)28-10-4-5-11-28)15-19-24-25-26-29(19)13-8-16-6-2-1-3-7-16/h1-3,6-7H,4-5,8-15H2,(H,22,23,30). The van der Waals surface area contributed by atoms with Gasteiger partial charge in [0.25, 0.3) is 5.56 Å². The fourth-order valence-electron chi connectivity index (χ4n) is 4.27. The monoisotopic (exact) mass is 406 g/mol. The molecule has 2 aliphatic heterocycles. The summed E-state index contributed by atoms with van der Waals surface area (Å²) in [7, 11) is 0. The Bertz CT molecular complexity index is 1050. The topological polar surface area (TPSA) is 95.8 Å². The summed E-state index contributed by atoms with van der Waals surface area (Å²) in [5.74, 6) is 1.56. The van der Waals surface area contributed by atoms with Crippen molar-refractivity contribution in [2.45, 2.75) is 45.3 Å². The first-order chi connectivity index (χ1) is 14.8. The molecule has 0 radical (unpaired) electrons. The number of hydrogen-bond donors (Lipinski definition) is 1. The van der Waals surface area contributed by atoms with Gasteiger partial charge in [-0.3, -0.25) is 14.7 Å². The maximum absolute atomic E-state index is 12.7. The number of nitrogens with zero attached hydrogens (tertiary/aromatic N) is 7. The van der Waals surface area contributed by atoms with Crippen LogP contribution in [0.1, 0.15) is 35.5 Å². The van der Waals surface area contributed by atoms with Crippen LogP contribution in [0.5, 0.6) is 0 Å². The van der Waals surface area contributed by atoms with Crippen molar-refractivity contribution in [1.82, 2.24) is 35.1 Å². The molecule has 9 nitrogen and oxygen atoms in total. The number of rotatable bonds is 6. The van der Waals surface area contributed by atoms with Crippen LogP contribution in [0, 0.1) is 0 Å². The van der Waals surface area contributed by atoms with Gasteiger partial charge in [0.1, 0.15) is 0 Å². The van der Waals surface area contributed by atoms with Gasteiger partial charge in [-0.05, 0) is 35.3 Å². The average molecular weight is 406 g/mol. The van der Waals surface area contributed by atoms with Crippen LogP contribution >= 0.6 is 0 Å². The molecule has 0 saturated carbocycles. The second-order valence-electron chi connectivity index (χ2n) is 8.02. The molecule has 30 heavy (non-hydrogen) atoms. The Labute approximate surface area is 174 Å². The summed E-state index contributed by atoms with van der Waals surface area (Å²) in [4.78, 5) is 24.9. The van der Waals surface area contributed by atoms with Crippen LogP contribution < -0.4 is 10.5 Å². The second-order valence-corrected chi connectivity index (χ2v) is 8.02. The molecular weight excluding hydrogens is 380 g/mol. The third-order valence-corrected chi connectivity index (χ3v) is 5.97. The van der Waals surface area contributed by atoms with Gasteiger partial charge >= 0.3 is 0 Å². The van der Waals surface area contributed by atoms with Crippen molar-refractivity contribution < 1.29 is 0 Å². The quantitative estimate of drug-likeness (QED) is 0.656. The molecule has 0 unspecified atom stereocenters. The van der Waals surface area contributed by atoms with E-state index >= 15 is 0 Å². The molecule has 2 aromatic heterocycles. The Kier molecular flexibility index (Phi) is 5.27. The fourth-order valence-corrected chi connectivity index (χ4v) is 4.27. The van der Waals surface area contributed by atoms with Crippen molar-refractivity contribution in [1.29, 1.82) is 0 Å². The number of tetrazole rings is 1. The largest absolute Gasteiger partial charge is 0.342 e. The Morgan fingerprint density at radius 3 is 2.73 bits per heavy atom. The van der Waals surface area contributed by atoms with Gasteiger partial charge in [0.2, 0.25) is 5.95 Å². The zero-order valence-electron chi connectivity index (χ0n) is 17.0. The lowest BCUT2D eigenvalue weighted by molar-refractivity contribution is 0.231. The molecule has 0 atom stereocenters. The molecule has 9 heteroatoms. The normalized spacial score (nSPS) is 16.7. The van der Waals surface area contributed by atoms with Crippen molar-refractivity contribution in [3.63, 3.8) is 0 Å². The molecule has 2 aliphatic rings. The number of aryl methyl sites for hydroxylation is 2. The minimum atomic E-state index is -0.0183. The zero-order valence-corrected chi connectivity index (χ0v) is 17.0. The molecule has 5 rings (SSSR count). The van der Waals surface area contributed by atoms with Crippen molar-refractivity contribution >= 4 is 5.95 Å². The maximum atomic E-state index is 12.7. The van der Waals surface area contributed by atoms with E-state index in [4.69, 9.17) is 4.98 Å². The molecule has 1 aromatic carbocycles. The van der Waals surface area contributed by atoms with Crippen molar-refractivity contribution in [2.75, 3.05) is 24.5 Å². The van der Waals surface area contributed by atoms with Gasteiger partial charge in [0.15, 0.2) is 5.82 Å². The molecule has 0 amide bonds. The van der Waals surface area contributed by atoms with Gasteiger partial charge in [-0.15, -0.1) is 5.10 Å². The molecule has 4 heterocycles. The van der Waals surface area contributed by atoms with E-state index in [2.05, 4.69) is 42.4 Å². The van der Waals surface area contributed by atoms with E-state index < -0.39 is 0 Å². The Balaban J connectivity index is 1.26. The van der Waals surface area contributed by atoms with E-state index in [0.29, 0.717) is 13.1 Å². The number of aromatic nitrogens is 6. The highest BCUT2D eigenvalue weighted by molar-refractivity contribution is 5.35. The molecule has 1 saturated heterocycles. The lowest BCUT2D eigenvalue weighted by atomic mass is 10.1. The van der Waals surface area contributed by atoms with Crippen LogP contribution in [0.25, 0.3) is 0 Å². The maximum Gasteiger partial charge on any atom is 0.257 e. The lowest BCUT2D eigenvalue weighted by Gasteiger charge is -2.28.